The average Bonchev–Trinajstić information content (AvgIpc) is 2.70. The van der Waals surface area contributed by atoms with Gasteiger partial charge in [-0.25, -0.2) is 0 Å². The zero-order valence-electron chi connectivity index (χ0n) is 15.4. The van der Waals surface area contributed by atoms with Crippen molar-refractivity contribution in [2.75, 3.05) is 13.2 Å². The summed E-state index contributed by atoms with van der Waals surface area (Å²) < 4.78 is 59.9. The minimum Gasteiger partial charge on any atom is -0.266 e. The van der Waals surface area contributed by atoms with Crippen molar-refractivity contribution >= 4 is 20.2 Å². The lowest BCUT2D eigenvalue weighted by Gasteiger charge is -2.30. The molecule has 0 saturated heterocycles. The van der Waals surface area contributed by atoms with Crippen molar-refractivity contribution in [3.05, 3.63) is 60.7 Å². The molecule has 8 heteroatoms. The summed E-state index contributed by atoms with van der Waals surface area (Å²) in [4.78, 5) is 0.118. The van der Waals surface area contributed by atoms with Gasteiger partial charge in [0, 0.05) is 5.41 Å². The molecule has 0 fully saturated rings. The molecule has 0 N–H and O–H groups in total. The summed E-state index contributed by atoms with van der Waals surface area (Å²) in [5, 5.41) is 0. The molecular weight excluding hydrogens is 388 g/mol. The highest BCUT2D eigenvalue weighted by molar-refractivity contribution is 7.87. The van der Waals surface area contributed by atoms with Gasteiger partial charge in [0.25, 0.3) is 20.2 Å². The zero-order valence-corrected chi connectivity index (χ0v) is 17.0. The summed E-state index contributed by atoms with van der Waals surface area (Å²) in [6.07, 6.45) is 0.996. The summed E-state index contributed by atoms with van der Waals surface area (Å²) in [5.41, 5.74) is -0.746. The van der Waals surface area contributed by atoms with E-state index >= 15 is 0 Å². The largest absolute Gasteiger partial charge is 0.296 e. The van der Waals surface area contributed by atoms with Gasteiger partial charge in [-0.3, -0.25) is 8.37 Å². The van der Waals surface area contributed by atoms with Gasteiger partial charge < -0.3 is 0 Å². The second-order valence-corrected chi connectivity index (χ2v) is 9.50. The number of hydrogen-bond donors (Lipinski definition) is 0. The van der Waals surface area contributed by atoms with Crippen molar-refractivity contribution in [2.45, 2.75) is 36.5 Å². The van der Waals surface area contributed by atoms with Gasteiger partial charge in [-0.05, 0) is 37.1 Å². The molecule has 2 rings (SSSR count). The predicted molar refractivity (Wildman–Crippen MR) is 102 cm³/mol. The van der Waals surface area contributed by atoms with Gasteiger partial charge in [0.1, 0.15) is 0 Å². The van der Waals surface area contributed by atoms with Crippen LogP contribution in [0.4, 0.5) is 0 Å². The molecule has 0 spiro atoms. The van der Waals surface area contributed by atoms with Crippen LogP contribution in [0.25, 0.3) is 0 Å². The maximum atomic E-state index is 12.4. The molecule has 0 unspecified atom stereocenters. The molecule has 0 aliphatic rings. The predicted octanol–water partition coefficient (Wildman–Crippen LogP) is 3.60. The SMILES string of the molecule is CCC(CC)(COS(=O)(=O)c1ccccc1)COS(=O)(=O)c1ccccc1. The smallest absolute Gasteiger partial charge is 0.266 e. The fourth-order valence-corrected chi connectivity index (χ4v) is 4.48. The molecule has 148 valence electrons. The van der Waals surface area contributed by atoms with Gasteiger partial charge in [-0.15, -0.1) is 0 Å². The van der Waals surface area contributed by atoms with Gasteiger partial charge in [0.15, 0.2) is 0 Å². The molecule has 0 saturated carbocycles. The molecule has 0 aliphatic carbocycles. The lowest BCUT2D eigenvalue weighted by atomic mass is 9.84. The Morgan fingerprint density at radius 3 is 1.30 bits per heavy atom. The van der Waals surface area contributed by atoms with Crippen LogP contribution >= 0.6 is 0 Å². The first-order chi connectivity index (χ1) is 12.7. The molecule has 6 nitrogen and oxygen atoms in total. The summed E-state index contributed by atoms with van der Waals surface area (Å²) in [5.74, 6) is 0. The molecule has 27 heavy (non-hydrogen) atoms. The second-order valence-electron chi connectivity index (χ2n) is 6.27. The molecule has 0 amide bonds. The first-order valence-corrected chi connectivity index (χ1v) is 11.5. The van der Waals surface area contributed by atoms with Crippen LogP contribution in [-0.2, 0) is 28.6 Å². The Kier molecular flexibility index (Phi) is 7.16. The first-order valence-electron chi connectivity index (χ1n) is 8.64. The van der Waals surface area contributed by atoms with E-state index in [0.717, 1.165) is 0 Å². The highest BCUT2D eigenvalue weighted by Gasteiger charge is 2.32. The maximum absolute atomic E-state index is 12.4. The molecule has 0 radical (unpaired) electrons. The van der Waals surface area contributed by atoms with Crippen LogP contribution in [0.3, 0.4) is 0 Å². The number of hydrogen-bond acceptors (Lipinski definition) is 6. The molecule has 0 heterocycles. The van der Waals surface area contributed by atoms with Crippen LogP contribution in [0, 0.1) is 5.41 Å². The molecule has 2 aromatic carbocycles. The highest BCUT2D eigenvalue weighted by atomic mass is 32.2. The summed E-state index contributed by atoms with van der Waals surface area (Å²) in [7, 11) is -7.85. The van der Waals surface area contributed by atoms with E-state index in [4.69, 9.17) is 8.37 Å². The normalized spacial score (nSPS) is 12.8. The molecule has 0 bridgehead atoms. The van der Waals surface area contributed by atoms with E-state index in [1.54, 1.807) is 36.4 Å². The van der Waals surface area contributed by atoms with E-state index in [0.29, 0.717) is 12.8 Å². The molecule has 0 atom stereocenters. The number of rotatable bonds is 10. The fourth-order valence-electron chi connectivity index (χ4n) is 2.42. The van der Waals surface area contributed by atoms with Crippen LogP contribution in [-0.4, -0.2) is 30.0 Å². The third kappa shape index (κ3) is 5.62. The lowest BCUT2D eigenvalue weighted by molar-refractivity contribution is 0.0767. The fraction of sp³-hybridized carbons (Fsp3) is 0.368. The average molecular weight is 413 g/mol. The summed E-state index contributed by atoms with van der Waals surface area (Å²) in [6.45, 7) is 3.37. The van der Waals surface area contributed by atoms with Crippen molar-refractivity contribution in [1.29, 1.82) is 0 Å². The minimum atomic E-state index is -3.92. The second kappa shape index (κ2) is 8.97. The summed E-state index contributed by atoms with van der Waals surface area (Å²) >= 11 is 0. The Labute approximate surface area is 161 Å². The van der Waals surface area contributed by atoms with Crippen molar-refractivity contribution in [3.63, 3.8) is 0 Å². The van der Waals surface area contributed by atoms with E-state index in [1.807, 2.05) is 13.8 Å². The van der Waals surface area contributed by atoms with E-state index in [1.165, 1.54) is 24.3 Å². The van der Waals surface area contributed by atoms with E-state index in [-0.39, 0.29) is 23.0 Å². The van der Waals surface area contributed by atoms with Crippen LogP contribution in [0.1, 0.15) is 26.7 Å². The van der Waals surface area contributed by atoms with Crippen molar-refractivity contribution in [1.82, 2.24) is 0 Å². The lowest BCUT2D eigenvalue weighted by Crippen LogP contribution is -2.33. The van der Waals surface area contributed by atoms with Crippen LogP contribution in [0.5, 0.6) is 0 Å². The topological polar surface area (TPSA) is 86.7 Å². The quantitative estimate of drug-likeness (QED) is 0.554. The molecule has 0 aliphatic heterocycles. The van der Waals surface area contributed by atoms with Gasteiger partial charge >= 0.3 is 0 Å². The number of benzene rings is 2. The van der Waals surface area contributed by atoms with Crippen molar-refractivity contribution < 1.29 is 25.2 Å². The Hall–Kier alpha value is -1.74. The third-order valence-corrected chi connectivity index (χ3v) is 7.16. The van der Waals surface area contributed by atoms with Gasteiger partial charge in [0.05, 0.1) is 23.0 Å². The van der Waals surface area contributed by atoms with Crippen molar-refractivity contribution in [2.24, 2.45) is 5.41 Å². The van der Waals surface area contributed by atoms with Crippen LogP contribution < -0.4 is 0 Å². The standard InChI is InChI=1S/C19H24O6S2/c1-3-19(4-2,15-24-26(20,21)17-11-7-5-8-12-17)16-25-27(22,23)18-13-9-6-10-14-18/h5-14H,3-4,15-16H2,1-2H3. The maximum Gasteiger partial charge on any atom is 0.296 e. The van der Waals surface area contributed by atoms with Crippen molar-refractivity contribution in [3.8, 4) is 0 Å². The molecular formula is C19H24O6S2. The van der Waals surface area contributed by atoms with Gasteiger partial charge in [-0.2, -0.15) is 16.8 Å². The first kappa shape index (κ1) is 21.6. The summed E-state index contributed by atoms with van der Waals surface area (Å²) in [6, 6.07) is 15.7. The highest BCUT2D eigenvalue weighted by Crippen LogP contribution is 2.30. The van der Waals surface area contributed by atoms with Crippen LogP contribution in [0.15, 0.2) is 70.5 Å². The Balaban J connectivity index is 2.11. The van der Waals surface area contributed by atoms with E-state index in [9.17, 15) is 16.8 Å². The monoisotopic (exact) mass is 412 g/mol. The van der Waals surface area contributed by atoms with Gasteiger partial charge in [0.2, 0.25) is 0 Å². The molecule has 2 aromatic rings. The third-order valence-electron chi connectivity index (χ3n) is 4.60. The van der Waals surface area contributed by atoms with E-state index < -0.39 is 25.7 Å². The van der Waals surface area contributed by atoms with E-state index in [2.05, 4.69) is 0 Å². The zero-order chi connectivity index (χ0) is 20.0. The Morgan fingerprint density at radius 2 is 1.00 bits per heavy atom. The van der Waals surface area contributed by atoms with Crippen LogP contribution in [0.2, 0.25) is 0 Å². The minimum absolute atomic E-state index is 0.0592. The Bertz CT molecular complexity index is 843. The Morgan fingerprint density at radius 1 is 0.667 bits per heavy atom. The van der Waals surface area contributed by atoms with Gasteiger partial charge in [-0.1, -0.05) is 50.2 Å². The molecule has 0 aromatic heterocycles.